The van der Waals surface area contributed by atoms with Crippen molar-refractivity contribution in [2.75, 3.05) is 10.7 Å². The lowest BCUT2D eigenvalue weighted by atomic mass is 9.95. The van der Waals surface area contributed by atoms with E-state index in [0.29, 0.717) is 22.4 Å². The number of aryl methyl sites for hydroxylation is 1. The van der Waals surface area contributed by atoms with Crippen LogP contribution in [-0.4, -0.2) is 49.1 Å². The van der Waals surface area contributed by atoms with Crippen LogP contribution in [0.3, 0.4) is 0 Å². The smallest absolute Gasteiger partial charge is 0.406 e. The van der Waals surface area contributed by atoms with E-state index >= 15 is 0 Å². The summed E-state index contributed by atoms with van der Waals surface area (Å²) in [6.45, 7) is 8.13. The van der Waals surface area contributed by atoms with Crippen LogP contribution < -0.4 is 9.64 Å². The Hall–Kier alpha value is -4.16. The normalized spacial score (nSPS) is 18.5. The topological polar surface area (TPSA) is 88.1 Å². The molecule has 3 aromatic carbocycles. The fourth-order valence-corrected chi connectivity index (χ4v) is 5.83. The maximum absolute atomic E-state index is 12.4. The number of alkyl halides is 3. The Labute approximate surface area is 245 Å². The largest absolute Gasteiger partial charge is 0.573 e. The van der Waals surface area contributed by atoms with Gasteiger partial charge in [0.1, 0.15) is 12.1 Å². The number of hydrogen-bond donors (Lipinski definition) is 1. The molecule has 2 heterocycles. The molecule has 0 spiro atoms. The van der Waals surface area contributed by atoms with Crippen molar-refractivity contribution in [3.63, 3.8) is 0 Å². The van der Waals surface area contributed by atoms with Crippen LogP contribution in [0.15, 0.2) is 83.3 Å². The lowest BCUT2D eigenvalue weighted by molar-refractivity contribution is -0.274. The molecule has 1 unspecified atom stereocenters. The highest BCUT2D eigenvalue weighted by Crippen LogP contribution is 2.40. The summed E-state index contributed by atoms with van der Waals surface area (Å²) in [6.07, 6.45) is -1.63. The minimum atomic E-state index is -4.75. The third-order valence-corrected chi connectivity index (χ3v) is 7.83. The predicted octanol–water partition coefficient (Wildman–Crippen LogP) is 6.92. The molecule has 12 heteroatoms. The number of amidine groups is 1. The predicted molar refractivity (Wildman–Crippen MR) is 159 cm³/mol. The first-order valence-electron chi connectivity index (χ1n) is 13.2. The highest BCUT2D eigenvalue weighted by molar-refractivity contribution is 8.14. The van der Waals surface area contributed by atoms with Crippen LogP contribution in [0.1, 0.15) is 43.4 Å². The first-order chi connectivity index (χ1) is 19.9. The van der Waals surface area contributed by atoms with E-state index in [1.807, 2.05) is 41.3 Å². The molecule has 1 N–H and O–H groups in total. The molecule has 0 saturated carbocycles. The Balaban J connectivity index is 1.30. The standard InChI is InChI=1S/C30H29F3N6O2S/c1-19(2)26-20(3)6-5-7-25(26)39-28(42-17-29(39,4)40)36-35-16-21-8-10-22(11-9-21)27-34-18-38(37-27)23-12-14-24(15-13-23)41-30(31,32)33/h5-16,18-19,40H,17H2,1-4H3. The molecule has 0 bridgehead atoms. The molecule has 5 rings (SSSR count). The van der Waals surface area contributed by atoms with Gasteiger partial charge in [0.15, 0.2) is 16.7 Å². The first-order valence-corrected chi connectivity index (χ1v) is 14.1. The number of benzene rings is 3. The molecule has 1 atom stereocenters. The summed E-state index contributed by atoms with van der Waals surface area (Å²) in [7, 11) is 0. The van der Waals surface area contributed by atoms with E-state index in [-0.39, 0.29) is 11.7 Å². The molecule has 4 aromatic rings. The monoisotopic (exact) mass is 594 g/mol. The maximum atomic E-state index is 12.4. The summed E-state index contributed by atoms with van der Waals surface area (Å²) in [5.41, 5.74) is 4.24. The zero-order chi connectivity index (χ0) is 30.1. The van der Waals surface area contributed by atoms with Crippen molar-refractivity contribution in [2.24, 2.45) is 10.2 Å². The molecule has 1 aliphatic rings. The summed E-state index contributed by atoms with van der Waals surface area (Å²) in [6, 6.07) is 18.8. The van der Waals surface area contributed by atoms with Gasteiger partial charge in [-0.15, -0.1) is 23.4 Å². The quantitative estimate of drug-likeness (QED) is 0.185. The number of anilines is 1. The number of thioether (sulfide) groups is 1. The summed E-state index contributed by atoms with van der Waals surface area (Å²) in [4.78, 5) is 6.18. The summed E-state index contributed by atoms with van der Waals surface area (Å²) < 4.78 is 42.6. The zero-order valence-electron chi connectivity index (χ0n) is 23.4. The van der Waals surface area contributed by atoms with Gasteiger partial charge < -0.3 is 9.84 Å². The Bertz CT molecular complexity index is 1610. The van der Waals surface area contributed by atoms with E-state index in [2.05, 4.69) is 51.9 Å². The van der Waals surface area contributed by atoms with Crippen LogP contribution in [-0.2, 0) is 0 Å². The minimum absolute atomic E-state index is 0.269. The summed E-state index contributed by atoms with van der Waals surface area (Å²) >= 11 is 1.45. The number of aliphatic hydroxyl groups is 1. The van der Waals surface area contributed by atoms with E-state index in [1.165, 1.54) is 47.0 Å². The van der Waals surface area contributed by atoms with Crippen LogP contribution in [0.2, 0.25) is 0 Å². The van der Waals surface area contributed by atoms with Crippen molar-refractivity contribution in [3.8, 4) is 22.8 Å². The van der Waals surface area contributed by atoms with Gasteiger partial charge in [-0.3, -0.25) is 4.90 Å². The van der Waals surface area contributed by atoms with Gasteiger partial charge in [-0.1, -0.05) is 62.0 Å². The lowest BCUT2D eigenvalue weighted by Gasteiger charge is -2.33. The number of nitrogens with zero attached hydrogens (tertiary/aromatic N) is 6. The Morgan fingerprint density at radius 2 is 1.79 bits per heavy atom. The molecule has 1 saturated heterocycles. The first kappa shape index (κ1) is 29.3. The second kappa shape index (κ2) is 11.6. The van der Waals surface area contributed by atoms with Crippen molar-refractivity contribution in [1.29, 1.82) is 0 Å². The summed E-state index contributed by atoms with van der Waals surface area (Å²) in [5.74, 6) is 0.875. The summed E-state index contributed by atoms with van der Waals surface area (Å²) in [5, 5.41) is 25.0. The Kier molecular flexibility index (Phi) is 8.11. The molecule has 1 aliphatic heterocycles. The molecule has 1 fully saturated rings. The molecule has 0 aliphatic carbocycles. The maximum Gasteiger partial charge on any atom is 0.573 e. The Morgan fingerprint density at radius 1 is 1.07 bits per heavy atom. The number of hydrogen-bond acceptors (Lipinski definition) is 7. The van der Waals surface area contributed by atoms with Crippen molar-refractivity contribution in [1.82, 2.24) is 14.8 Å². The molecule has 42 heavy (non-hydrogen) atoms. The molecule has 0 radical (unpaired) electrons. The van der Waals surface area contributed by atoms with E-state index in [9.17, 15) is 18.3 Å². The van der Waals surface area contributed by atoms with Gasteiger partial charge in [0.25, 0.3) is 0 Å². The molecular formula is C30H29F3N6O2S. The fourth-order valence-electron chi connectivity index (χ4n) is 4.77. The lowest BCUT2D eigenvalue weighted by Crippen LogP contribution is -2.45. The SMILES string of the molecule is Cc1cccc(N2C(=NN=Cc3ccc(-c4ncn(-c5ccc(OC(F)(F)F)cc5)n4)cc3)SCC2(C)O)c1C(C)C. The van der Waals surface area contributed by atoms with Crippen LogP contribution >= 0.6 is 11.8 Å². The molecular weight excluding hydrogens is 565 g/mol. The number of halogens is 3. The van der Waals surface area contributed by atoms with Crippen LogP contribution in [0.5, 0.6) is 5.75 Å². The van der Waals surface area contributed by atoms with Crippen LogP contribution in [0.4, 0.5) is 18.9 Å². The van der Waals surface area contributed by atoms with Crippen molar-refractivity contribution >= 4 is 28.8 Å². The van der Waals surface area contributed by atoms with Crippen molar-refractivity contribution in [2.45, 2.75) is 45.7 Å². The second-order valence-corrected chi connectivity index (χ2v) is 11.2. The van der Waals surface area contributed by atoms with Crippen molar-refractivity contribution in [3.05, 3.63) is 89.7 Å². The highest BCUT2D eigenvalue weighted by atomic mass is 32.2. The third-order valence-electron chi connectivity index (χ3n) is 6.61. The fraction of sp³-hybridized carbons (Fsp3) is 0.267. The van der Waals surface area contributed by atoms with Gasteiger partial charge in [-0.25, -0.2) is 9.67 Å². The zero-order valence-corrected chi connectivity index (χ0v) is 24.2. The van der Waals surface area contributed by atoms with Gasteiger partial charge in [0, 0.05) is 17.0 Å². The average Bonchev–Trinajstić information content (AvgIpc) is 3.53. The van der Waals surface area contributed by atoms with Crippen molar-refractivity contribution < 1.29 is 23.0 Å². The van der Waals surface area contributed by atoms with E-state index in [4.69, 9.17) is 0 Å². The number of rotatable bonds is 7. The third kappa shape index (κ3) is 6.50. The molecule has 1 aromatic heterocycles. The number of aromatic nitrogens is 3. The Morgan fingerprint density at radius 3 is 2.45 bits per heavy atom. The van der Waals surface area contributed by atoms with Gasteiger partial charge in [-0.05, 0) is 66.8 Å². The van der Waals surface area contributed by atoms with Gasteiger partial charge in [0.2, 0.25) is 0 Å². The van der Waals surface area contributed by atoms with Crippen LogP contribution in [0, 0.1) is 6.92 Å². The second-order valence-electron chi connectivity index (χ2n) is 10.3. The molecule has 0 amide bonds. The average molecular weight is 595 g/mol. The van der Waals surface area contributed by atoms with E-state index in [1.54, 1.807) is 13.1 Å². The van der Waals surface area contributed by atoms with Crippen LogP contribution in [0.25, 0.3) is 17.1 Å². The minimum Gasteiger partial charge on any atom is -0.406 e. The van der Waals surface area contributed by atoms with E-state index in [0.717, 1.165) is 27.9 Å². The molecule has 8 nitrogen and oxygen atoms in total. The van der Waals surface area contributed by atoms with Gasteiger partial charge in [-0.2, -0.15) is 5.10 Å². The molecule has 218 valence electrons. The number of ether oxygens (including phenoxy) is 1. The van der Waals surface area contributed by atoms with Gasteiger partial charge in [0.05, 0.1) is 11.9 Å². The highest BCUT2D eigenvalue weighted by Gasteiger charge is 2.41. The van der Waals surface area contributed by atoms with Gasteiger partial charge >= 0.3 is 6.36 Å². The van der Waals surface area contributed by atoms with E-state index < -0.39 is 12.1 Å².